The molecule has 2 aromatic carbocycles. The molecule has 110 valence electrons. The van der Waals surface area contributed by atoms with Gasteiger partial charge in [0, 0.05) is 11.8 Å². The van der Waals surface area contributed by atoms with E-state index in [9.17, 15) is 13.6 Å². The zero-order valence-corrected chi connectivity index (χ0v) is 11.5. The van der Waals surface area contributed by atoms with Crippen LogP contribution in [-0.4, -0.2) is 12.0 Å². The van der Waals surface area contributed by atoms with E-state index in [0.717, 1.165) is 18.2 Å². The van der Waals surface area contributed by atoms with Crippen molar-refractivity contribution in [3.63, 3.8) is 0 Å². The molecule has 0 aromatic heterocycles. The molecule has 0 fully saturated rings. The summed E-state index contributed by atoms with van der Waals surface area (Å²) in [5.41, 5.74) is 0.0626. The molecule has 0 radical (unpaired) electrons. The van der Waals surface area contributed by atoms with Crippen LogP contribution in [-0.2, 0) is 4.79 Å². The van der Waals surface area contributed by atoms with Crippen LogP contribution in [0.15, 0.2) is 48.5 Å². The molecule has 3 nitrogen and oxygen atoms in total. The van der Waals surface area contributed by atoms with Crippen molar-refractivity contribution in [2.75, 3.05) is 5.32 Å². The van der Waals surface area contributed by atoms with Gasteiger partial charge in [-0.2, -0.15) is 0 Å². The molecular weight excluding hydrogens is 276 g/mol. The van der Waals surface area contributed by atoms with Gasteiger partial charge in [-0.25, -0.2) is 8.78 Å². The second-order valence-corrected chi connectivity index (χ2v) is 4.48. The van der Waals surface area contributed by atoms with Crippen LogP contribution in [0, 0.1) is 11.6 Å². The summed E-state index contributed by atoms with van der Waals surface area (Å²) >= 11 is 0. The summed E-state index contributed by atoms with van der Waals surface area (Å²) < 4.78 is 31.7. The van der Waals surface area contributed by atoms with E-state index in [1.807, 2.05) is 6.07 Å². The SMILES string of the molecule is CC[C@H](Oc1ccccc1)C(=O)Nc1cc(F)cc(F)c1. The minimum absolute atomic E-state index is 0.0626. The lowest BCUT2D eigenvalue weighted by molar-refractivity contribution is -0.122. The number of carbonyl (C=O) groups excluding carboxylic acids is 1. The second kappa shape index (κ2) is 6.83. The molecule has 2 aromatic rings. The highest BCUT2D eigenvalue weighted by atomic mass is 19.1. The van der Waals surface area contributed by atoms with E-state index in [4.69, 9.17) is 4.74 Å². The molecule has 0 aliphatic rings. The lowest BCUT2D eigenvalue weighted by Gasteiger charge is -2.17. The van der Waals surface area contributed by atoms with Crippen LogP contribution in [0.1, 0.15) is 13.3 Å². The van der Waals surface area contributed by atoms with E-state index in [2.05, 4.69) is 5.32 Å². The number of hydrogen-bond donors (Lipinski definition) is 1. The Kier molecular flexibility index (Phi) is 4.87. The van der Waals surface area contributed by atoms with Crippen molar-refractivity contribution in [3.05, 3.63) is 60.2 Å². The molecule has 21 heavy (non-hydrogen) atoms. The van der Waals surface area contributed by atoms with E-state index in [1.54, 1.807) is 31.2 Å². The summed E-state index contributed by atoms with van der Waals surface area (Å²) in [6, 6.07) is 11.7. The molecule has 0 bridgehead atoms. The van der Waals surface area contributed by atoms with E-state index < -0.39 is 23.6 Å². The molecule has 1 N–H and O–H groups in total. The Balaban J connectivity index is 2.06. The Morgan fingerprint density at radius 2 is 1.76 bits per heavy atom. The van der Waals surface area contributed by atoms with Gasteiger partial charge in [0.15, 0.2) is 6.10 Å². The zero-order chi connectivity index (χ0) is 15.2. The fourth-order valence-corrected chi connectivity index (χ4v) is 1.83. The Labute approximate surface area is 121 Å². The fraction of sp³-hybridized carbons (Fsp3) is 0.188. The largest absolute Gasteiger partial charge is 0.481 e. The molecular formula is C16H15F2NO2. The van der Waals surface area contributed by atoms with Gasteiger partial charge in [-0.3, -0.25) is 4.79 Å². The highest BCUT2D eigenvalue weighted by molar-refractivity contribution is 5.94. The van der Waals surface area contributed by atoms with Crippen LogP contribution in [0.25, 0.3) is 0 Å². The molecule has 0 saturated heterocycles. The van der Waals surface area contributed by atoms with Crippen molar-refractivity contribution < 1.29 is 18.3 Å². The van der Waals surface area contributed by atoms with E-state index in [-0.39, 0.29) is 5.69 Å². The third-order valence-corrected chi connectivity index (χ3v) is 2.81. The van der Waals surface area contributed by atoms with Crippen LogP contribution in [0.3, 0.4) is 0 Å². The lowest BCUT2D eigenvalue weighted by Crippen LogP contribution is -2.32. The number of para-hydroxylation sites is 1. The third-order valence-electron chi connectivity index (χ3n) is 2.81. The van der Waals surface area contributed by atoms with Gasteiger partial charge in [0.25, 0.3) is 5.91 Å². The molecule has 0 aliphatic heterocycles. The van der Waals surface area contributed by atoms with Crippen LogP contribution >= 0.6 is 0 Å². The minimum Gasteiger partial charge on any atom is -0.481 e. The highest BCUT2D eigenvalue weighted by Gasteiger charge is 2.19. The number of nitrogens with one attached hydrogen (secondary N) is 1. The summed E-state index contributed by atoms with van der Waals surface area (Å²) in [5, 5.41) is 2.45. The lowest BCUT2D eigenvalue weighted by atomic mass is 10.2. The molecule has 2 rings (SSSR count). The molecule has 0 unspecified atom stereocenters. The Hall–Kier alpha value is -2.43. The standard InChI is InChI=1S/C16H15F2NO2/c1-2-15(21-14-6-4-3-5-7-14)16(20)19-13-9-11(17)8-12(18)10-13/h3-10,15H,2H2,1H3,(H,19,20)/t15-/m0/s1. The summed E-state index contributed by atoms with van der Waals surface area (Å²) in [6.45, 7) is 1.79. The molecule has 0 saturated carbocycles. The van der Waals surface area contributed by atoms with Gasteiger partial charge in [-0.05, 0) is 30.7 Å². The van der Waals surface area contributed by atoms with E-state index in [0.29, 0.717) is 12.2 Å². The molecule has 5 heteroatoms. The number of rotatable bonds is 5. The average molecular weight is 291 g/mol. The Bertz CT molecular complexity index is 597. The summed E-state index contributed by atoms with van der Waals surface area (Å²) in [7, 11) is 0. The monoisotopic (exact) mass is 291 g/mol. The maximum Gasteiger partial charge on any atom is 0.265 e. The van der Waals surface area contributed by atoms with Crippen LogP contribution in [0.2, 0.25) is 0 Å². The van der Waals surface area contributed by atoms with Gasteiger partial charge < -0.3 is 10.1 Å². The van der Waals surface area contributed by atoms with E-state index in [1.165, 1.54) is 0 Å². The molecule has 0 spiro atoms. The second-order valence-electron chi connectivity index (χ2n) is 4.48. The summed E-state index contributed by atoms with van der Waals surface area (Å²) in [4.78, 5) is 12.1. The van der Waals surface area contributed by atoms with Crippen molar-refractivity contribution in [1.82, 2.24) is 0 Å². The van der Waals surface area contributed by atoms with Gasteiger partial charge in [-0.15, -0.1) is 0 Å². The zero-order valence-electron chi connectivity index (χ0n) is 11.5. The number of anilines is 1. The average Bonchev–Trinajstić information content (AvgIpc) is 2.44. The number of benzene rings is 2. The van der Waals surface area contributed by atoms with Crippen molar-refractivity contribution in [3.8, 4) is 5.75 Å². The maximum absolute atomic E-state index is 13.1. The van der Waals surface area contributed by atoms with Gasteiger partial charge in [0.1, 0.15) is 17.4 Å². The first kappa shape index (κ1) is 15.0. The van der Waals surface area contributed by atoms with Gasteiger partial charge in [-0.1, -0.05) is 25.1 Å². The molecule has 0 aliphatic carbocycles. The minimum atomic E-state index is -0.748. The Morgan fingerprint density at radius 1 is 1.14 bits per heavy atom. The summed E-state index contributed by atoms with van der Waals surface area (Å²) in [6.07, 6.45) is -0.308. The van der Waals surface area contributed by atoms with Gasteiger partial charge >= 0.3 is 0 Å². The first-order chi connectivity index (χ1) is 10.1. The van der Waals surface area contributed by atoms with Crippen molar-refractivity contribution in [2.45, 2.75) is 19.4 Å². The number of hydrogen-bond acceptors (Lipinski definition) is 2. The Morgan fingerprint density at radius 3 is 2.33 bits per heavy atom. The fourth-order valence-electron chi connectivity index (χ4n) is 1.83. The molecule has 1 amide bonds. The number of ether oxygens (including phenoxy) is 1. The normalized spacial score (nSPS) is 11.8. The smallest absolute Gasteiger partial charge is 0.265 e. The quantitative estimate of drug-likeness (QED) is 0.911. The van der Waals surface area contributed by atoms with Crippen LogP contribution < -0.4 is 10.1 Å². The first-order valence-electron chi connectivity index (χ1n) is 6.57. The topological polar surface area (TPSA) is 38.3 Å². The predicted octanol–water partition coefficient (Wildman–Crippen LogP) is 3.76. The maximum atomic E-state index is 13.1. The van der Waals surface area contributed by atoms with E-state index >= 15 is 0 Å². The number of carbonyl (C=O) groups is 1. The number of halogens is 2. The predicted molar refractivity (Wildman–Crippen MR) is 76.1 cm³/mol. The van der Waals surface area contributed by atoms with Gasteiger partial charge in [0.05, 0.1) is 0 Å². The van der Waals surface area contributed by atoms with Gasteiger partial charge in [0.2, 0.25) is 0 Å². The van der Waals surface area contributed by atoms with Crippen molar-refractivity contribution in [2.24, 2.45) is 0 Å². The molecule has 0 heterocycles. The first-order valence-corrected chi connectivity index (χ1v) is 6.57. The number of amides is 1. The molecule has 1 atom stereocenters. The third kappa shape index (κ3) is 4.27. The highest BCUT2D eigenvalue weighted by Crippen LogP contribution is 2.16. The van der Waals surface area contributed by atoms with Crippen molar-refractivity contribution >= 4 is 11.6 Å². The van der Waals surface area contributed by atoms with Crippen molar-refractivity contribution in [1.29, 1.82) is 0 Å². The van der Waals surface area contributed by atoms with Crippen LogP contribution in [0.5, 0.6) is 5.75 Å². The summed E-state index contributed by atoms with van der Waals surface area (Å²) in [5.74, 6) is -1.39. The van der Waals surface area contributed by atoms with Crippen LogP contribution in [0.4, 0.5) is 14.5 Å².